The van der Waals surface area contributed by atoms with Crippen LogP contribution in [0.4, 0.5) is 4.79 Å². The van der Waals surface area contributed by atoms with Crippen molar-refractivity contribution in [1.29, 1.82) is 0 Å². The predicted octanol–water partition coefficient (Wildman–Crippen LogP) is 4.41. The van der Waals surface area contributed by atoms with E-state index in [9.17, 15) is 23.1 Å². The Morgan fingerprint density at radius 2 is 1.69 bits per heavy atom. The summed E-state index contributed by atoms with van der Waals surface area (Å²) < 4.78 is 35.1. The molecule has 3 rings (SSSR count). The fourth-order valence-corrected chi connectivity index (χ4v) is 7.67. The third-order valence-electron chi connectivity index (χ3n) is 7.76. The van der Waals surface area contributed by atoms with E-state index in [1.807, 2.05) is 77.3 Å². The second kappa shape index (κ2) is 18.6. The number of nitrogens with one attached hydrogen (secondary N) is 2. The minimum Gasteiger partial charge on any atom is -0.411 e. The molecule has 0 bridgehead atoms. The van der Waals surface area contributed by atoms with Gasteiger partial charge in [0.15, 0.2) is 0 Å². The van der Waals surface area contributed by atoms with Gasteiger partial charge in [-0.15, -0.1) is 11.3 Å². The molecule has 2 aromatic carbocycles. The molecule has 3 amide bonds. The number of nitrogens with zero attached hydrogens (tertiary/aromatic N) is 4. The van der Waals surface area contributed by atoms with Crippen LogP contribution >= 0.6 is 11.3 Å². The zero-order valence-corrected chi connectivity index (χ0v) is 32.2. The summed E-state index contributed by atoms with van der Waals surface area (Å²) in [6, 6.07) is 12.4. The van der Waals surface area contributed by atoms with Gasteiger partial charge in [0.2, 0.25) is 15.9 Å². The Hall–Kier alpha value is -3.89. The average Bonchev–Trinajstić information content (AvgIpc) is 3.46. The number of benzene rings is 2. The molecule has 15 heteroatoms. The number of ether oxygens (including phenoxy) is 1. The lowest BCUT2D eigenvalue weighted by atomic mass is 9.99. The third kappa shape index (κ3) is 13.0. The normalized spacial score (nSPS) is 14.7. The molecule has 4 atom stereocenters. The van der Waals surface area contributed by atoms with E-state index in [1.54, 1.807) is 14.0 Å². The minimum absolute atomic E-state index is 0.00180. The van der Waals surface area contributed by atoms with Crippen LogP contribution in [0.15, 0.2) is 70.0 Å². The van der Waals surface area contributed by atoms with Gasteiger partial charge < -0.3 is 30.6 Å². The number of aromatic nitrogens is 1. The van der Waals surface area contributed by atoms with Crippen LogP contribution in [0, 0.1) is 12.8 Å². The highest BCUT2D eigenvalue weighted by Gasteiger charge is 2.36. The predicted molar refractivity (Wildman–Crippen MR) is 198 cm³/mol. The maximum atomic E-state index is 14.2. The molecule has 0 spiro atoms. The highest BCUT2D eigenvalue weighted by molar-refractivity contribution is 7.89. The fourth-order valence-electron chi connectivity index (χ4n) is 5.44. The van der Waals surface area contributed by atoms with Gasteiger partial charge in [0.05, 0.1) is 52.2 Å². The smallest absolute Gasteiger partial charge is 0.318 e. The van der Waals surface area contributed by atoms with Crippen LogP contribution in [-0.2, 0) is 32.5 Å². The molecule has 1 unspecified atom stereocenters. The van der Waals surface area contributed by atoms with Gasteiger partial charge in [0.25, 0.3) is 0 Å². The van der Waals surface area contributed by atoms with Crippen LogP contribution in [-0.4, -0.2) is 101 Å². The maximum absolute atomic E-state index is 14.2. The monoisotopic (exact) mass is 744 g/mol. The number of sulfonamides is 1. The van der Waals surface area contributed by atoms with Crippen LogP contribution in [0.25, 0.3) is 0 Å². The number of aryl methyl sites for hydroxylation is 1. The Bertz CT molecular complexity index is 1690. The number of amides is 3. The number of aliphatic hydroxyl groups is 1. The van der Waals surface area contributed by atoms with Crippen LogP contribution in [0.2, 0.25) is 0 Å². The Balaban J connectivity index is 1.92. The molecule has 0 aliphatic heterocycles. The standard InChI is InChI=1S/C36H52N6O7S2/c1-24(2)20-42(51(47,48)30-16-14-28(15-17-30)19-37-46)22-32(43)31(18-27-12-10-9-11-13-27)39-34(44)33(25(3)49-36(5,6)7)40-35(45)41(8)21-29-23-50-26(4)38-29/h9-17,19,23-25,31-33,43,46H,18,20-22H2,1-8H3,(H,39,44)(H,40,45)/b37-19+/t25-,31-,32?,33+/m0/s1. The van der Waals surface area contributed by atoms with Gasteiger partial charge in [-0.2, -0.15) is 4.31 Å². The number of rotatable bonds is 17. The summed E-state index contributed by atoms with van der Waals surface area (Å²) >= 11 is 1.48. The molecule has 1 aromatic heterocycles. The van der Waals surface area contributed by atoms with Gasteiger partial charge in [-0.05, 0) is 70.2 Å². The van der Waals surface area contributed by atoms with E-state index in [0.717, 1.165) is 16.3 Å². The molecule has 0 saturated carbocycles. The van der Waals surface area contributed by atoms with E-state index in [0.29, 0.717) is 5.56 Å². The Morgan fingerprint density at radius 3 is 2.24 bits per heavy atom. The van der Waals surface area contributed by atoms with E-state index in [1.165, 1.54) is 51.0 Å². The topological polar surface area (TPSA) is 174 Å². The first kappa shape index (κ1) is 41.5. The molecular formula is C36H52N6O7S2. The fraction of sp³-hybridized carbons (Fsp3) is 0.500. The van der Waals surface area contributed by atoms with Gasteiger partial charge in [-0.3, -0.25) is 4.79 Å². The minimum atomic E-state index is -4.09. The highest BCUT2D eigenvalue weighted by Crippen LogP contribution is 2.21. The number of aliphatic hydroxyl groups excluding tert-OH is 1. The van der Waals surface area contributed by atoms with Gasteiger partial charge in [0.1, 0.15) is 6.04 Å². The molecule has 0 saturated heterocycles. The average molecular weight is 745 g/mol. The molecule has 0 radical (unpaired) electrons. The molecule has 4 N–H and O–H groups in total. The number of urea groups is 1. The Labute approximate surface area is 305 Å². The lowest BCUT2D eigenvalue weighted by Crippen LogP contribution is -2.60. The molecule has 3 aromatic rings. The zero-order chi connectivity index (χ0) is 37.9. The van der Waals surface area contributed by atoms with Crippen molar-refractivity contribution < 1.29 is 33.1 Å². The van der Waals surface area contributed by atoms with Crippen LogP contribution < -0.4 is 10.6 Å². The number of carbonyl (C=O) groups is 2. The van der Waals surface area contributed by atoms with Crippen molar-refractivity contribution in [3.8, 4) is 0 Å². The first-order valence-electron chi connectivity index (χ1n) is 16.8. The van der Waals surface area contributed by atoms with Crippen molar-refractivity contribution in [3.63, 3.8) is 0 Å². The molecular weight excluding hydrogens is 693 g/mol. The Morgan fingerprint density at radius 1 is 1.04 bits per heavy atom. The van der Waals surface area contributed by atoms with Gasteiger partial charge in [-0.1, -0.05) is 61.5 Å². The molecule has 0 aliphatic rings. The largest absolute Gasteiger partial charge is 0.411 e. The number of carbonyl (C=O) groups excluding carboxylic acids is 2. The third-order valence-corrected chi connectivity index (χ3v) is 10.4. The van der Waals surface area contributed by atoms with Gasteiger partial charge >= 0.3 is 6.03 Å². The second-order valence-corrected chi connectivity index (χ2v) is 17.0. The molecule has 1 heterocycles. The summed E-state index contributed by atoms with van der Waals surface area (Å²) in [5.41, 5.74) is 1.38. The Kier molecular flexibility index (Phi) is 15.1. The van der Waals surface area contributed by atoms with Crippen molar-refractivity contribution in [2.45, 2.75) is 96.2 Å². The lowest BCUT2D eigenvalue weighted by molar-refractivity contribution is -0.132. The highest BCUT2D eigenvalue weighted by atomic mass is 32.2. The van der Waals surface area contributed by atoms with Crippen LogP contribution in [0.5, 0.6) is 0 Å². The second-order valence-electron chi connectivity index (χ2n) is 14.0. The number of thiazole rings is 1. The quantitative estimate of drug-likeness (QED) is 0.0894. The van der Waals surface area contributed by atoms with Crippen LogP contribution in [0.3, 0.4) is 0 Å². The van der Waals surface area contributed by atoms with E-state index in [4.69, 9.17) is 9.94 Å². The SMILES string of the molecule is Cc1nc(CN(C)C(=O)N[C@@H](C(=O)N[C@@H](Cc2ccccc2)C(O)CN(CC(C)C)S(=O)(=O)c2ccc(/C=N/O)cc2)[C@H](C)OC(C)(C)C)cs1. The van der Waals surface area contributed by atoms with Crippen molar-refractivity contribution in [1.82, 2.24) is 24.8 Å². The molecule has 280 valence electrons. The summed E-state index contributed by atoms with van der Waals surface area (Å²) in [6.45, 7) is 12.9. The maximum Gasteiger partial charge on any atom is 0.318 e. The van der Waals surface area contributed by atoms with Crippen molar-refractivity contribution in [2.24, 2.45) is 11.1 Å². The lowest BCUT2D eigenvalue weighted by Gasteiger charge is -2.34. The van der Waals surface area contributed by atoms with Gasteiger partial charge in [0, 0.05) is 25.5 Å². The van der Waals surface area contributed by atoms with E-state index < -0.39 is 51.9 Å². The first-order chi connectivity index (χ1) is 23.9. The molecule has 0 aliphatic carbocycles. The first-order valence-corrected chi connectivity index (χ1v) is 19.1. The summed E-state index contributed by atoms with van der Waals surface area (Å²) in [5, 5.41) is 32.1. The molecule has 13 nitrogen and oxygen atoms in total. The molecule has 51 heavy (non-hydrogen) atoms. The van der Waals surface area contributed by atoms with E-state index >= 15 is 0 Å². The van der Waals surface area contributed by atoms with E-state index in [2.05, 4.69) is 20.8 Å². The van der Waals surface area contributed by atoms with Crippen molar-refractivity contribution >= 4 is 39.5 Å². The zero-order valence-electron chi connectivity index (χ0n) is 30.6. The van der Waals surface area contributed by atoms with Crippen LogP contribution in [0.1, 0.15) is 63.4 Å². The van der Waals surface area contributed by atoms with Crippen molar-refractivity contribution in [3.05, 3.63) is 81.8 Å². The number of hydrogen-bond acceptors (Lipinski definition) is 10. The number of hydrogen-bond donors (Lipinski definition) is 4. The van der Waals surface area contributed by atoms with Gasteiger partial charge in [-0.25, -0.2) is 18.2 Å². The van der Waals surface area contributed by atoms with E-state index in [-0.39, 0.29) is 36.9 Å². The summed E-state index contributed by atoms with van der Waals surface area (Å²) in [6.07, 6.45) is -0.771. The summed E-state index contributed by atoms with van der Waals surface area (Å²) in [5.74, 6) is -0.688. The summed E-state index contributed by atoms with van der Waals surface area (Å²) in [7, 11) is -2.49. The number of oxime groups is 1. The molecule has 0 fully saturated rings. The summed E-state index contributed by atoms with van der Waals surface area (Å²) in [4.78, 5) is 33.4. The van der Waals surface area contributed by atoms with Crippen molar-refractivity contribution in [2.75, 3.05) is 20.1 Å².